The Balaban J connectivity index is 2.28. The monoisotopic (exact) mass is 287 g/mol. The van der Waals surface area contributed by atoms with Crippen LogP contribution in [0.5, 0.6) is 0 Å². The highest BCUT2D eigenvalue weighted by atomic mass is 16.3. The van der Waals surface area contributed by atoms with Crippen molar-refractivity contribution in [3.8, 4) is 0 Å². The summed E-state index contributed by atoms with van der Waals surface area (Å²) in [6.45, 7) is 10.6. The fraction of sp³-hybridized carbons (Fsp3) is 0.500. The molecule has 114 valence electrons. The minimum absolute atomic E-state index is 0.0544. The van der Waals surface area contributed by atoms with Crippen LogP contribution in [0.4, 0.5) is 0 Å². The molecule has 0 saturated carbocycles. The zero-order valence-corrected chi connectivity index (χ0v) is 13.6. The smallest absolute Gasteiger partial charge is 0.224 e. The molecule has 0 aliphatic rings. The lowest BCUT2D eigenvalue weighted by Gasteiger charge is -2.11. The van der Waals surface area contributed by atoms with Crippen LogP contribution in [0.1, 0.15) is 56.7 Å². The van der Waals surface area contributed by atoms with E-state index in [0.29, 0.717) is 12.3 Å². The molecule has 1 aromatic heterocycles. The van der Waals surface area contributed by atoms with Crippen LogP contribution in [-0.4, -0.2) is 11.9 Å². The van der Waals surface area contributed by atoms with E-state index in [1.54, 1.807) is 6.26 Å². The van der Waals surface area contributed by atoms with Gasteiger partial charge in [0.25, 0.3) is 0 Å². The summed E-state index contributed by atoms with van der Waals surface area (Å²) in [6.07, 6.45) is 3.02. The third-order valence-corrected chi connectivity index (χ3v) is 4.04. The summed E-state index contributed by atoms with van der Waals surface area (Å²) in [6, 6.07) is 4.45. The van der Waals surface area contributed by atoms with Crippen molar-refractivity contribution in [1.29, 1.82) is 0 Å². The van der Waals surface area contributed by atoms with Crippen molar-refractivity contribution in [3.63, 3.8) is 0 Å². The van der Waals surface area contributed by atoms with Gasteiger partial charge in [0.1, 0.15) is 5.58 Å². The van der Waals surface area contributed by atoms with Crippen molar-refractivity contribution in [2.45, 2.75) is 59.4 Å². The van der Waals surface area contributed by atoms with Crippen molar-refractivity contribution < 1.29 is 9.21 Å². The molecular weight excluding hydrogens is 262 g/mol. The van der Waals surface area contributed by atoms with Crippen LogP contribution in [0.3, 0.4) is 0 Å². The normalized spacial score (nSPS) is 12.9. The minimum Gasteiger partial charge on any atom is -0.464 e. The number of hydrogen-bond donors (Lipinski definition) is 1. The molecule has 1 N–H and O–H groups in total. The van der Waals surface area contributed by atoms with E-state index in [1.165, 1.54) is 11.1 Å². The number of hydrogen-bond acceptors (Lipinski definition) is 2. The summed E-state index contributed by atoms with van der Waals surface area (Å²) >= 11 is 0. The molecule has 0 aliphatic carbocycles. The average Bonchev–Trinajstić information content (AvgIpc) is 2.79. The Morgan fingerprint density at radius 1 is 1.29 bits per heavy atom. The maximum atomic E-state index is 12.1. The Bertz CT molecular complexity index is 640. The Morgan fingerprint density at radius 2 is 2.00 bits per heavy atom. The molecule has 1 unspecified atom stereocenters. The molecule has 1 atom stereocenters. The maximum Gasteiger partial charge on any atom is 0.224 e. The zero-order chi connectivity index (χ0) is 15.6. The predicted octanol–water partition coefficient (Wildman–Crippen LogP) is 4.32. The molecule has 0 bridgehead atoms. The van der Waals surface area contributed by atoms with Crippen molar-refractivity contribution in [2.75, 3.05) is 0 Å². The minimum atomic E-state index is 0.0544. The van der Waals surface area contributed by atoms with E-state index in [1.807, 2.05) is 6.92 Å². The molecular formula is C18H25NO2. The number of amides is 1. The third-order valence-electron chi connectivity index (χ3n) is 4.04. The van der Waals surface area contributed by atoms with Gasteiger partial charge in [-0.05, 0) is 49.4 Å². The molecule has 1 amide bonds. The molecule has 0 fully saturated rings. The molecule has 2 rings (SSSR count). The van der Waals surface area contributed by atoms with Gasteiger partial charge in [0.05, 0.1) is 12.7 Å². The summed E-state index contributed by atoms with van der Waals surface area (Å²) in [7, 11) is 0. The van der Waals surface area contributed by atoms with E-state index < -0.39 is 0 Å². The van der Waals surface area contributed by atoms with E-state index in [-0.39, 0.29) is 11.9 Å². The number of carbonyl (C=O) groups excluding carboxylic acids is 1. The van der Waals surface area contributed by atoms with Gasteiger partial charge in [-0.3, -0.25) is 4.79 Å². The van der Waals surface area contributed by atoms with Gasteiger partial charge >= 0.3 is 0 Å². The van der Waals surface area contributed by atoms with E-state index in [0.717, 1.165) is 23.0 Å². The van der Waals surface area contributed by atoms with Gasteiger partial charge in [-0.1, -0.05) is 20.8 Å². The molecule has 3 nitrogen and oxygen atoms in total. The number of fused-ring (bicyclic) bond motifs is 1. The summed E-state index contributed by atoms with van der Waals surface area (Å²) in [5, 5.41) is 4.06. The van der Waals surface area contributed by atoms with Gasteiger partial charge < -0.3 is 9.73 Å². The summed E-state index contributed by atoms with van der Waals surface area (Å²) in [5.74, 6) is 0.518. The van der Waals surface area contributed by atoms with Gasteiger partial charge in [-0.15, -0.1) is 0 Å². The second-order valence-corrected chi connectivity index (χ2v) is 6.17. The second-order valence-electron chi connectivity index (χ2n) is 6.17. The lowest BCUT2D eigenvalue weighted by Crippen LogP contribution is -2.33. The molecule has 0 saturated heterocycles. The highest BCUT2D eigenvalue weighted by Crippen LogP contribution is 2.29. The van der Waals surface area contributed by atoms with Crippen LogP contribution in [0.15, 0.2) is 22.8 Å². The van der Waals surface area contributed by atoms with Crippen LogP contribution < -0.4 is 5.32 Å². The molecule has 0 spiro atoms. The number of rotatable bonds is 5. The number of carbonyl (C=O) groups is 1. The van der Waals surface area contributed by atoms with E-state index in [2.05, 4.69) is 45.1 Å². The lowest BCUT2D eigenvalue weighted by molar-refractivity contribution is -0.121. The first-order valence-electron chi connectivity index (χ1n) is 7.72. The predicted molar refractivity (Wildman–Crippen MR) is 86.6 cm³/mol. The quantitative estimate of drug-likeness (QED) is 0.889. The van der Waals surface area contributed by atoms with Gasteiger partial charge in [-0.2, -0.15) is 0 Å². The first kappa shape index (κ1) is 15.6. The Kier molecular flexibility index (Phi) is 4.71. The van der Waals surface area contributed by atoms with Gasteiger partial charge in [0, 0.05) is 17.0 Å². The Morgan fingerprint density at radius 3 is 2.62 bits per heavy atom. The van der Waals surface area contributed by atoms with Gasteiger partial charge in [0.2, 0.25) is 5.91 Å². The van der Waals surface area contributed by atoms with Crippen molar-refractivity contribution in [3.05, 3.63) is 35.1 Å². The number of nitrogens with one attached hydrogen (secondary N) is 1. The number of aryl methyl sites for hydroxylation is 1. The Labute approximate surface area is 126 Å². The molecule has 1 aromatic carbocycles. The first-order chi connectivity index (χ1) is 9.92. The fourth-order valence-corrected chi connectivity index (χ4v) is 2.60. The lowest BCUT2D eigenvalue weighted by atomic mass is 9.95. The molecule has 2 aromatic rings. The largest absolute Gasteiger partial charge is 0.464 e. The topological polar surface area (TPSA) is 42.2 Å². The SMILES string of the molecule is CCC(C)NC(=O)Cc1coc2cc(C)c(C(C)C)cc12. The van der Waals surface area contributed by atoms with Crippen LogP contribution >= 0.6 is 0 Å². The van der Waals surface area contributed by atoms with Gasteiger partial charge in [0.15, 0.2) is 0 Å². The molecule has 0 aliphatic heterocycles. The summed E-state index contributed by atoms with van der Waals surface area (Å²) in [4.78, 5) is 12.1. The summed E-state index contributed by atoms with van der Waals surface area (Å²) < 4.78 is 5.62. The second kappa shape index (κ2) is 6.33. The van der Waals surface area contributed by atoms with Crippen molar-refractivity contribution >= 4 is 16.9 Å². The van der Waals surface area contributed by atoms with Crippen LogP contribution in [0.2, 0.25) is 0 Å². The number of benzene rings is 1. The number of furan rings is 1. The molecule has 3 heteroatoms. The van der Waals surface area contributed by atoms with Crippen molar-refractivity contribution in [1.82, 2.24) is 5.32 Å². The highest BCUT2D eigenvalue weighted by molar-refractivity contribution is 5.88. The highest BCUT2D eigenvalue weighted by Gasteiger charge is 2.14. The van der Waals surface area contributed by atoms with Crippen LogP contribution in [0, 0.1) is 6.92 Å². The summed E-state index contributed by atoms with van der Waals surface area (Å²) in [5.41, 5.74) is 4.38. The standard InChI is InChI=1S/C18H25NO2/c1-6-13(5)19-18(20)8-14-10-21-17-7-12(4)15(11(2)3)9-16(14)17/h7,9-11,13H,6,8H2,1-5H3,(H,19,20). The Hall–Kier alpha value is -1.77. The fourth-order valence-electron chi connectivity index (χ4n) is 2.60. The van der Waals surface area contributed by atoms with Crippen LogP contribution in [-0.2, 0) is 11.2 Å². The molecule has 0 radical (unpaired) electrons. The van der Waals surface area contributed by atoms with E-state index >= 15 is 0 Å². The zero-order valence-electron chi connectivity index (χ0n) is 13.6. The average molecular weight is 287 g/mol. The van der Waals surface area contributed by atoms with Crippen molar-refractivity contribution in [2.24, 2.45) is 0 Å². The molecule has 21 heavy (non-hydrogen) atoms. The van der Waals surface area contributed by atoms with E-state index in [9.17, 15) is 4.79 Å². The van der Waals surface area contributed by atoms with E-state index in [4.69, 9.17) is 4.42 Å². The third kappa shape index (κ3) is 3.46. The molecule has 1 heterocycles. The van der Waals surface area contributed by atoms with Crippen LogP contribution in [0.25, 0.3) is 11.0 Å². The van der Waals surface area contributed by atoms with Gasteiger partial charge in [-0.25, -0.2) is 0 Å². The maximum absolute atomic E-state index is 12.1. The first-order valence-corrected chi connectivity index (χ1v) is 7.72.